The van der Waals surface area contributed by atoms with Crippen molar-refractivity contribution < 1.29 is 4.79 Å². The van der Waals surface area contributed by atoms with Crippen molar-refractivity contribution in [2.24, 2.45) is 0 Å². The fraction of sp³-hybridized carbons (Fsp3) is 0.211. The van der Waals surface area contributed by atoms with E-state index in [1.165, 1.54) is 0 Å². The normalized spacial score (nSPS) is 16.8. The van der Waals surface area contributed by atoms with E-state index in [1.807, 2.05) is 35.2 Å². The standard InChI is InChI=1S/C19H17N5O/c25-19(24-10-4-7-17(24)16-6-1-2-9-21-16)15-12-22-18(23-13-15)14-5-3-8-20-11-14/h1-3,5-6,8-9,11-13,17H,4,7,10H2/t17-/m1/s1. The number of aromatic nitrogens is 4. The summed E-state index contributed by atoms with van der Waals surface area (Å²) in [6, 6.07) is 9.55. The van der Waals surface area contributed by atoms with Crippen LogP contribution in [0.2, 0.25) is 0 Å². The van der Waals surface area contributed by atoms with Gasteiger partial charge in [0.1, 0.15) is 0 Å². The highest BCUT2D eigenvalue weighted by Gasteiger charge is 2.31. The lowest BCUT2D eigenvalue weighted by molar-refractivity contribution is 0.0732. The summed E-state index contributed by atoms with van der Waals surface area (Å²) in [6.45, 7) is 0.727. The van der Waals surface area contributed by atoms with Crippen molar-refractivity contribution in [3.63, 3.8) is 0 Å². The lowest BCUT2D eigenvalue weighted by Crippen LogP contribution is -2.31. The molecule has 0 saturated carbocycles. The van der Waals surface area contributed by atoms with Crippen LogP contribution in [0.4, 0.5) is 0 Å². The Hall–Kier alpha value is -3.15. The van der Waals surface area contributed by atoms with Gasteiger partial charge in [-0.2, -0.15) is 0 Å². The quantitative estimate of drug-likeness (QED) is 0.738. The van der Waals surface area contributed by atoms with Gasteiger partial charge in [-0.25, -0.2) is 9.97 Å². The Morgan fingerprint density at radius 1 is 1.00 bits per heavy atom. The van der Waals surface area contributed by atoms with Crippen LogP contribution < -0.4 is 0 Å². The highest BCUT2D eigenvalue weighted by atomic mass is 16.2. The molecule has 6 heteroatoms. The number of rotatable bonds is 3. The Labute approximate surface area is 145 Å². The van der Waals surface area contributed by atoms with Gasteiger partial charge in [-0.3, -0.25) is 14.8 Å². The zero-order valence-corrected chi connectivity index (χ0v) is 13.6. The number of amides is 1. The molecule has 3 aromatic heterocycles. The maximum absolute atomic E-state index is 12.9. The second-order valence-corrected chi connectivity index (χ2v) is 5.95. The molecule has 4 rings (SSSR count). The summed E-state index contributed by atoms with van der Waals surface area (Å²) in [4.78, 5) is 31.9. The minimum atomic E-state index is -0.0501. The third-order valence-electron chi connectivity index (χ3n) is 4.36. The van der Waals surface area contributed by atoms with Crippen molar-refractivity contribution in [1.29, 1.82) is 0 Å². The van der Waals surface area contributed by atoms with Gasteiger partial charge in [0.15, 0.2) is 5.82 Å². The smallest absolute Gasteiger partial charge is 0.257 e. The molecule has 0 bridgehead atoms. The molecule has 0 spiro atoms. The predicted octanol–water partition coefficient (Wildman–Crippen LogP) is 2.91. The first-order valence-corrected chi connectivity index (χ1v) is 8.27. The lowest BCUT2D eigenvalue weighted by Gasteiger charge is -2.24. The van der Waals surface area contributed by atoms with E-state index >= 15 is 0 Å². The molecule has 1 amide bonds. The molecule has 0 unspecified atom stereocenters. The second-order valence-electron chi connectivity index (χ2n) is 5.95. The third-order valence-corrected chi connectivity index (χ3v) is 4.36. The Bertz CT molecular complexity index is 852. The van der Waals surface area contributed by atoms with Crippen LogP contribution in [0.5, 0.6) is 0 Å². The van der Waals surface area contributed by atoms with Gasteiger partial charge in [-0.15, -0.1) is 0 Å². The van der Waals surface area contributed by atoms with Crippen molar-refractivity contribution in [1.82, 2.24) is 24.8 Å². The SMILES string of the molecule is O=C(c1cnc(-c2cccnc2)nc1)N1CCC[C@@H]1c1ccccn1. The predicted molar refractivity (Wildman–Crippen MR) is 92.5 cm³/mol. The fourth-order valence-corrected chi connectivity index (χ4v) is 3.14. The zero-order chi connectivity index (χ0) is 17.1. The van der Waals surface area contributed by atoms with Gasteiger partial charge in [0.05, 0.1) is 17.3 Å². The molecule has 1 saturated heterocycles. The number of carbonyl (C=O) groups is 1. The second kappa shape index (κ2) is 6.76. The molecule has 0 aromatic carbocycles. The average molecular weight is 331 g/mol. The molecule has 3 aromatic rings. The molecule has 1 aliphatic heterocycles. The van der Waals surface area contributed by atoms with Gasteiger partial charge < -0.3 is 4.90 Å². The molecule has 0 radical (unpaired) electrons. The van der Waals surface area contributed by atoms with E-state index in [9.17, 15) is 4.79 Å². The molecule has 124 valence electrons. The average Bonchev–Trinajstić information content (AvgIpc) is 3.19. The van der Waals surface area contributed by atoms with E-state index in [0.29, 0.717) is 11.4 Å². The number of pyridine rings is 2. The van der Waals surface area contributed by atoms with E-state index in [1.54, 1.807) is 31.0 Å². The summed E-state index contributed by atoms with van der Waals surface area (Å²) in [5, 5.41) is 0. The van der Waals surface area contributed by atoms with E-state index in [0.717, 1.165) is 30.6 Å². The Balaban J connectivity index is 1.56. The highest BCUT2D eigenvalue weighted by Crippen LogP contribution is 2.31. The molecular weight excluding hydrogens is 314 g/mol. The Morgan fingerprint density at radius 3 is 2.60 bits per heavy atom. The first-order chi connectivity index (χ1) is 12.3. The summed E-state index contributed by atoms with van der Waals surface area (Å²) in [7, 11) is 0. The first kappa shape index (κ1) is 15.4. The van der Waals surface area contributed by atoms with Crippen molar-refractivity contribution in [3.05, 3.63) is 72.6 Å². The number of hydrogen-bond donors (Lipinski definition) is 0. The maximum atomic E-state index is 12.9. The summed E-state index contributed by atoms with van der Waals surface area (Å²) in [5.41, 5.74) is 2.26. The van der Waals surface area contributed by atoms with Crippen molar-refractivity contribution in [2.75, 3.05) is 6.54 Å². The first-order valence-electron chi connectivity index (χ1n) is 8.27. The third kappa shape index (κ3) is 3.10. The van der Waals surface area contributed by atoms with Crippen LogP contribution in [0.1, 0.15) is 34.9 Å². The Morgan fingerprint density at radius 2 is 1.88 bits per heavy atom. The molecule has 6 nitrogen and oxygen atoms in total. The molecular formula is C19H17N5O. The van der Waals surface area contributed by atoms with Crippen LogP contribution >= 0.6 is 0 Å². The number of carbonyl (C=O) groups excluding carboxylic acids is 1. The molecule has 4 heterocycles. The molecule has 1 aliphatic rings. The summed E-state index contributed by atoms with van der Waals surface area (Å²) < 4.78 is 0. The van der Waals surface area contributed by atoms with Crippen LogP contribution in [0.3, 0.4) is 0 Å². The Kier molecular flexibility index (Phi) is 4.16. The summed E-state index contributed by atoms with van der Waals surface area (Å²) in [6.07, 6.45) is 10.2. The van der Waals surface area contributed by atoms with Crippen LogP contribution in [0, 0.1) is 0 Å². The number of hydrogen-bond acceptors (Lipinski definition) is 5. The van der Waals surface area contributed by atoms with Crippen LogP contribution in [0.25, 0.3) is 11.4 Å². The largest absolute Gasteiger partial charge is 0.330 e. The highest BCUT2D eigenvalue weighted by molar-refractivity contribution is 5.94. The monoisotopic (exact) mass is 331 g/mol. The van der Waals surface area contributed by atoms with E-state index in [2.05, 4.69) is 19.9 Å². The molecule has 1 fully saturated rings. The van der Waals surface area contributed by atoms with E-state index < -0.39 is 0 Å². The van der Waals surface area contributed by atoms with Crippen molar-refractivity contribution in [2.45, 2.75) is 18.9 Å². The van der Waals surface area contributed by atoms with Gasteiger partial charge in [-0.1, -0.05) is 6.07 Å². The van der Waals surface area contributed by atoms with E-state index in [-0.39, 0.29) is 11.9 Å². The van der Waals surface area contributed by atoms with Crippen molar-refractivity contribution >= 4 is 5.91 Å². The fourth-order valence-electron chi connectivity index (χ4n) is 3.14. The molecule has 1 atom stereocenters. The van der Waals surface area contributed by atoms with Gasteiger partial charge >= 0.3 is 0 Å². The van der Waals surface area contributed by atoms with Gasteiger partial charge in [-0.05, 0) is 37.1 Å². The molecule has 0 aliphatic carbocycles. The van der Waals surface area contributed by atoms with E-state index in [4.69, 9.17) is 0 Å². The minimum absolute atomic E-state index is 0.0201. The molecule has 25 heavy (non-hydrogen) atoms. The zero-order valence-electron chi connectivity index (χ0n) is 13.6. The van der Waals surface area contributed by atoms with Crippen molar-refractivity contribution in [3.8, 4) is 11.4 Å². The summed E-state index contributed by atoms with van der Waals surface area (Å²) >= 11 is 0. The van der Waals surface area contributed by atoms with Gasteiger partial charge in [0.2, 0.25) is 0 Å². The number of nitrogens with zero attached hydrogens (tertiary/aromatic N) is 5. The van der Waals surface area contributed by atoms with Crippen LogP contribution in [0.15, 0.2) is 61.3 Å². The van der Waals surface area contributed by atoms with Gasteiger partial charge in [0.25, 0.3) is 5.91 Å². The number of likely N-dealkylation sites (tertiary alicyclic amines) is 1. The minimum Gasteiger partial charge on any atom is -0.330 e. The lowest BCUT2D eigenvalue weighted by atomic mass is 10.1. The molecule has 0 N–H and O–H groups in total. The summed E-state index contributed by atoms with van der Waals surface area (Å²) in [5.74, 6) is 0.512. The van der Waals surface area contributed by atoms with Gasteiger partial charge in [0, 0.05) is 43.1 Å². The van der Waals surface area contributed by atoms with Crippen LogP contribution in [-0.2, 0) is 0 Å². The maximum Gasteiger partial charge on any atom is 0.257 e. The topological polar surface area (TPSA) is 71.9 Å². The van der Waals surface area contributed by atoms with Crippen LogP contribution in [-0.4, -0.2) is 37.3 Å².